The van der Waals surface area contributed by atoms with E-state index >= 15 is 0 Å². The lowest BCUT2D eigenvalue weighted by atomic mass is 9.90. The van der Waals surface area contributed by atoms with Gasteiger partial charge in [0.1, 0.15) is 0 Å². The molecule has 3 rings (SSSR count). The molecule has 2 atom stereocenters. The summed E-state index contributed by atoms with van der Waals surface area (Å²) >= 11 is 0. The molecule has 1 aliphatic heterocycles. The van der Waals surface area contributed by atoms with E-state index in [9.17, 15) is 4.79 Å². The average molecular weight is 284 g/mol. The molecule has 1 fully saturated rings. The smallest absolute Gasteiger partial charge is 0.231 e. The summed E-state index contributed by atoms with van der Waals surface area (Å²) in [5.41, 5.74) is 2.06. The SMILES string of the molecule is CN(C(=O)[C@H]1CNC[C@@H]1c1cnn(C)c1)c1ccccc1. The number of nitrogens with zero attached hydrogens (tertiary/aromatic N) is 3. The molecule has 1 aromatic carbocycles. The van der Waals surface area contributed by atoms with Gasteiger partial charge in [-0.1, -0.05) is 18.2 Å². The molecule has 1 aromatic heterocycles. The van der Waals surface area contributed by atoms with Crippen molar-refractivity contribution >= 4 is 11.6 Å². The highest BCUT2D eigenvalue weighted by atomic mass is 16.2. The second-order valence-corrected chi connectivity index (χ2v) is 5.55. The number of nitrogens with one attached hydrogen (secondary N) is 1. The molecule has 0 unspecified atom stereocenters. The minimum absolute atomic E-state index is 0.0422. The van der Waals surface area contributed by atoms with Gasteiger partial charge in [-0.05, 0) is 17.7 Å². The number of amides is 1. The van der Waals surface area contributed by atoms with Crippen molar-refractivity contribution in [2.75, 3.05) is 25.0 Å². The first-order chi connectivity index (χ1) is 10.2. The van der Waals surface area contributed by atoms with Crippen molar-refractivity contribution in [2.45, 2.75) is 5.92 Å². The fraction of sp³-hybridized carbons (Fsp3) is 0.375. The van der Waals surface area contributed by atoms with Crippen LogP contribution in [0.1, 0.15) is 11.5 Å². The minimum Gasteiger partial charge on any atom is -0.315 e. The first-order valence-electron chi connectivity index (χ1n) is 7.18. The van der Waals surface area contributed by atoms with E-state index in [4.69, 9.17) is 0 Å². The van der Waals surface area contributed by atoms with Crippen LogP contribution in [0.25, 0.3) is 0 Å². The Hall–Kier alpha value is -2.14. The minimum atomic E-state index is -0.0422. The summed E-state index contributed by atoms with van der Waals surface area (Å²) in [6.07, 6.45) is 3.86. The zero-order valence-electron chi connectivity index (χ0n) is 12.4. The van der Waals surface area contributed by atoms with E-state index in [1.165, 1.54) is 0 Å². The number of aryl methyl sites for hydroxylation is 1. The molecule has 1 saturated heterocycles. The molecule has 0 radical (unpaired) electrons. The summed E-state index contributed by atoms with van der Waals surface area (Å²) in [7, 11) is 3.75. The maximum Gasteiger partial charge on any atom is 0.231 e. The summed E-state index contributed by atoms with van der Waals surface area (Å²) in [6, 6.07) is 9.77. The van der Waals surface area contributed by atoms with Crippen LogP contribution in [0.5, 0.6) is 0 Å². The van der Waals surface area contributed by atoms with Crippen molar-refractivity contribution in [1.82, 2.24) is 15.1 Å². The van der Waals surface area contributed by atoms with E-state index in [2.05, 4.69) is 10.4 Å². The van der Waals surface area contributed by atoms with Crippen LogP contribution in [0, 0.1) is 5.92 Å². The summed E-state index contributed by atoms with van der Waals surface area (Å²) < 4.78 is 1.79. The molecule has 2 heterocycles. The topological polar surface area (TPSA) is 50.2 Å². The summed E-state index contributed by atoms with van der Waals surface area (Å²) in [6.45, 7) is 1.54. The third-order valence-corrected chi connectivity index (χ3v) is 4.16. The van der Waals surface area contributed by atoms with Crippen molar-refractivity contribution in [2.24, 2.45) is 13.0 Å². The number of aromatic nitrogens is 2. The highest BCUT2D eigenvalue weighted by Crippen LogP contribution is 2.30. The Morgan fingerprint density at radius 2 is 2.10 bits per heavy atom. The highest BCUT2D eigenvalue weighted by molar-refractivity contribution is 5.95. The van der Waals surface area contributed by atoms with Crippen molar-refractivity contribution in [1.29, 1.82) is 0 Å². The van der Waals surface area contributed by atoms with Gasteiger partial charge in [0.25, 0.3) is 0 Å². The first kappa shape index (κ1) is 13.8. The molecule has 110 valence electrons. The van der Waals surface area contributed by atoms with Crippen LogP contribution >= 0.6 is 0 Å². The zero-order chi connectivity index (χ0) is 14.8. The van der Waals surface area contributed by atoms with Crippen LogP contribution in [0.4, 0.5) is 5.69 Å². The molecule has 5 nitrogen and oxygen atoms in total. The summed E-state index contributed by atoms with van der Waals surface area (Å²) in [4.78, 5) is 14.5. The molecule has 1 amide bonds. The maximum atomic E-state index is 12.8. The monoisotopic (exact) mass is 284 g/mol. The van der Waals surface area contributed by atoms with Gasteiger partial charge >= 0.3 is 0 Å². The van der Waals surface area contributed by atoms with Crippen molar-refractivity contribution in [3.05, 3.63) is 48.3 Å². The third kappa shape index (κ3) is 2.69. The molecular weight excluding hydrogens is 264 g/mol. The van der Waals surface area contributed by atoms with E-state index in [1.807, 2.05) is 56.8 Å². The Balaban J connectivity index is 1.80. The molecule has 0 bridgehead atoms. The lowest BCUT2D eigenvalue weighted by Gasteiger charge is -2.24. The Labute approximate surface area is 124 Å². The van der Waals surface area contributed by atoms with Crippen molar-refractivity contribution < 1.29 is 4.79 Å². The normalized spacial score (nSPS) is 21.4. The van der Waals surface area contributed by atoms with Gasteiger partial charge in [0, 0.05) is 45.0 Å². The largest absolute Gasteiger partial charge is 0.315 e. The second kappa shape index (κ2) is 5.69. The van der Waals surface area contributed by atoms with Crippen LogP contribution < -0.4 is 10.2 Å². The van der Waals surface area contributed by atoms with Crippen LogP contribution in [-0.2, 0) is 11.8 Å². The van der Waals surface area contributed by atoms with Gasteiger partial charge in [0.15, 0.2) is 0 Å². The van der Waals surface area contributed by atoms with Crippen LogP contribution in [-0.4, -0.2) is 35.8 Å². The molecule has 1 N–H and O–H groups in total. The van der Waals surface area contributed by atoms with E-state index in [-0.39, 0.29) is 17.7 Å². The number of benzene rings is 1. The number of rotatable bonds is 3. The number of anilines is 1. The number of hydrogen-bond acceptors (Lipinski definition) is 3. The predicted octanol–water partition coefficient (Wildman–Crippen LogP) is 1.39. The summed E-state index contributed by atoms with van der Waals surface area (Å²) in [5, 5.41) is 7.55. The summed E-state index contributed by atoms with van der Waals surface area (Å²) in [5.74, 6) is 0.303. The third-order valence-electron chi connectivity index (χ3n) is 4.16. The van der Waals surface area contributed by atoms with E-state index < -0.39 is 0 Å². The predicted molar refractivity (Wildman–Crippen MR) is 82.2 cm³/mol. The fourth-order valence-corrected chi connectivity index (χ4v) is 2.95. The molecule has 5 heteroatoms. The number of carbonyl (C=O) groups is 1. The molecule has 0 aliphatic carbocycles. The molecule has 21 heavy (non-hydrogen) atoms. The highest BCUT2D eigenvalue weighted by Gasteiger charge is 2.36. The standard InChI is InChI=1S/C16H20N4O/c1-19-11-12(8-18-19)14-9-17-10-15(14)16(21)20(2)13-6-4-3-5-7-13/h3-8,11,14-15,17H,9-10H2,1-2H3/t14-,15+/m1/s1. The maximum absolute atomic E-state index is 12.8. The molecule has 0 saturated carbocycles. The zero-order valence-corrected chi connectivity index (χ0v) is 12.4. The van der Waals surface area contributed by atoms with Crippen LogP contribution in [0.15, 0.2) is 42.7 Å². The van der Waals surface area contributed by atoms with Crippen LogP contribution in [0.3, 0.4) is 0 Å². The quantitative estimate of drug-likeness (QED) is 0.926. The van der Waals surface area contributed by atoms with Gasteiger partial charge in [-0.3, -0.25) is 9.48 Å². The Kier molecular flexibility index (Phi) is 3.75. The van der Waals surface area contributed by atoms with Gasteiger partial charge in [0.2, 0.25) is 5.91 Å². The van der Waals surface area contributed by atoms with Gasteiger partial charge in [-0.25, -0.2) is 0 Å². The molecule has 0 spiro atoms. The fourth-order valence-electron chi connectivity index (χ4n) is 2.95. The van der Waals surface area contributed by atoms with Gasteiger partial charge in [-0.2, -0.15) is 5.10 Å². The van der Waals surface area contributed by atoms with Crippen molar-refractivity contribution in [3.8, 4) is 0 Å². The Morgan fingerprint density at radius 1 is 1.33 bits per heavy atom. The van der Waals surface area contributed by atoms with Gasteiger partial charge in [-0.15, -0.1) is 0 Å². The molecular formula is C16H20N4O. The molecule has 1 aliphatic rings. The molecule has 2 aromatic rings. The number of hydrogen-bond donors (Lipinski definition) is 1. The number of para-hydroxylation sites is 1. The van der Waals surface area contributed by atoms with Crippen LogP contribution in [0.2, 0.25) is 0 Å². The van der Waals surface area contributed by atoms with Gasteiger partial charge < -0.3 is 10.2 Å². The van der Waals surface area contributed by atoms with Gasteiger partial charge in [0.05, 0.1) is 12.1 Å². The van der Waals surface area contributed by atoms with E-state index in [0.717, 1.165) is 24.3 Å². The van der Waals surface area contributed by atoms with Crippen molar-refractivity contribution in [3.63, 3.8) is 0 Å². The Morgan fingerprint density at radius 3 is 2.76 bits per heavy atom. The number of carbonyl (C=O) groups excluding carboxylic acids is 1. The van der Waals surface area contributed by atoms with E-state index in [0.29, 0.717) is 0 Å². The Bertz CT molecular complexity index is 622. The lowest BCUT2D eigenvalue weighted by Crippen LogP contribution is -2.36. The van der Waals surface area contributed by atoms with E-state index in [1.54, 1.807) is 9.58 Å². The first-order valence-corrected chi connectivity index (χ1v) is 7.18. The average Bonchev–Trinajstić information content (AvgIpc) is 3.15. The lowest BCUT2D eigenvalue weighted by molar-refractivity contribution is -0.121. The second-order valence-electron chi connectivity index (χ2n) is 5.55.